The Morgan fingerprint density at radius 2 is 1.83 bits per heavy atom. The van der Waals surface area contributed by atoms with Crippen LogP contribution < -0.4 is 5.59 Å². The van der Waals surface area contributed by atoms with Gasteiger partial charge in [-0.15, -0.1) is 0 Å². The molecule has 4 rings (SSSR count). The number of fused-ring (bicyclic) bond motifs is 5. The average Bonchev–Trinajstić information content (AvgIpc) is 2.79. The van der Waals surface area contributed by atoms with E-state index in [2.05, 4.69) is 29.2 Å². The molecule has 0 atom stereocenters. The Morgan fingerprint density at radius 3 is 2.78 bits per heavy atom. The summed E-state index contributed by atoms with van der Waals surface area (Å²) < 4.78 is 6.01. The van der Waals surface area contributed by atoms with E-state index in [0.717, 1.165) is 32.9 Å². The first-order chi connectivity index (χ1) is 8.84. The van der Waals surface area contributed by atoms with Gasteiger partial charge >= 0.3 is 0 Å². The van der Waals surface area contributed by atoms with E-state index < -0.39 is 0 Å². The highest BCUT2D eigenvalue weighted by Crippen LogP contribution is 2.32. The number of hydrogen-bond acceptors (Lipinski definition) is 2. The van der Waals surface area contributed by atoms with E-state index in [1.807, 2.05) is 26.0 Å². The van der Waals surface area contributed by atoms with Gasteiger partial charge in [-0.05, 0) is 17.5 Å². The van der Waals surface area contributed by atoms with E-state index in [4.69, 9.17) is 4.42 Å². The van der Waals surface area contributed by atoms with Gasteiger partial charge in [0.2, 0.25) is 0 Å². The summed E-state index contributed by atoms with van der Waals surface area (Å²) in [5, 5.41) is 4.63. The molecule has 0 radical (unpaired) electrons. The van der Waals surface area contributed by atoms with Crippen molar-refractivity contribution in [1.82, 2.24) is 4.98 Å². The third-order valence-corrected chi connectivity index (χ3v) is 3.46. The van der Waals surface area contributed by atoms with Crippen LogP contribution in [0.5, 0.6) is 0 Å². The predicted octanol–water partition coefficient (Wildman–Crippen LogP) is 2.39. The van der Waals surface area contributed by atoms with Gasteiger partial charge in [0, 0.05) is 27.9 Å². The van der Waals surface area contributed by atoms with Crippen LogP contribution >= 0.6 is 0 Å². The standard InChI is InChI=1S/C15H10BNO/c16-15-13-11-6-5-9-3-1-2-4-10(9)14(11)18-12(13)7-8-17-15/h1-8H,16H2. The molecule has 0 fully saturated rings. The Morgan fingerprint density at radius 1 is 0.944 bits per heavy atom. The van der Waals surface area contributed by atoms with Crippen LogP contribution in [0.3, 0.4) is 0 Å². The van der Waals surface area contributed by atoms with Crippen molar-refractivity contribution >= 4 is 46.2 Å². The Balaban J connectivity index is 2.34. The van der Waals surface area contributed by atoms with Crippen LogP contribution in [0.25, 0.3) is 32.7 Å². The molecule has 0 unspecified atom stereocenters. The van der Waals surface area contributed by atoms with Gasteiger partial charge in [-0.2, -0.15) is 0 Å². The molecular weight excluding hydrogens is 221 g/mol. The number of hydrogen-bond donors (Lipinski definition) is 0. The maximum Gasteiger partial charge on any atom is 0.164 e. The number of rotatable bonds is 0. The van der Waals surface area contributed by atoms with Crippen molar-refractivity contribution in [3.05, 3.63) is 48.7 Å². The van der Waals surface area contributed by atoms with Crippen molar-refractivity contribution in [3.63, 3.8) is 0 Å². The van der Waals surface area contributed by atoms with Gasteiger partial charge in [0.05, 0.1) is 0 Å². The lowest BCUT2D eigenvalue weighted by atomic mass is 9.97. The summed E-state index contributed by atoms with van der Waals surface area (Å²) in [4.78, 5) is 4.35. The second kappa shape index (κ2) is 3.36. The second-order valence-corrected chi connectivity index (χ2v) is 4.53. The SMILES string of the molecule is Bc1nccc2oc3c4ccccc4ccc3c12. The fourth-order valence-electron chi connectivity index (χ4n) is 2.62. The van der Waals surface area contributed by atoms with Crippen molar-refractivity contribution in [1.29, 1.82) is 0 Å². The van der Waals surface area contributed by atoms with Gasteiger partial charge in [0.25, 0.3) is 0 Å². The molecule has 0 amide bonds. The van der Waals surface area contributed by atoms with Crippen molar-refractivity contribution < 1.29 is 4.42 Å². The van der Waals surface area contributed by atoms with Crippen LogP contribution in [0.1, 0.15) is 0 Å². The Kier molecular flexibility index (Phi) is 1.81. The van der Waals surface area contributed by atoms with Gasteiger partial charge in [0.15, 0.2) is 7.85 Å². The summed E-state index contributed by atoms with van der Waals surface area (Å²) in [5.74, 6) is 0. The van der Waals surface area contributed by atoms with Gasteiger partial charge in [-0.3, -0.25) is 4.98 Å². The molecule has 2 aromatic carbocycles. The Labute approximate surface area is 105 Å². The third kappa shape index (κ3) is 1.16. The highest BCUT2D eigenvalue weighted by atomic mass is 16.3. The van der Waals surface area contributed by atoms with Crippen LogP contribution in [0.2, 0.25) is 0 Å². The lowest BCUT2D eigenvalue weighted by molar-refractivity contribution is 0.672. The van der Waals surface area contributed by atoms with Gasteiger partial charge in [-0.25, -0.2) is 0 Å². The summed E-state index contributed by atoms with van der Waals surface area (Å²) in [6.07, 6.45) is 1.79. The van der Waals surface area contributed by atoms with E-state index >= 15 is 0 Å². The molecule has 0 aliphatic carbocycles. The van der Waals surface area contributed by atoms with E-state index in [0.29, 0.717) is 0 Å². The molecule has 4 aromatic rings. The lowest BCUT2D eigenvalue weighted by Gasteiger charge is -1.97. The van der Waals surface area contributed by atoms with Crippen molar-refractivity contribution in [2.45, 2.75) is 0 Å². The minimum absolute atomic E-state index is 0.911. The average molecular weight is 231 g/mol. The summed E-state index contributed by atoms with van der Waals surface area (Å²) in [6, 6.07) is 14.5. The number of aromatic nitrogens is 1. The minimum Gasteiger partial charge on any atom is -0.455 e. The predicted molar refractivity (Wildman–Crippen MR) is 77.2 cm³/mol. The largest absolute Gasteiger partial charge is 0.455 e. The molecule has 0 aliphatic heterocycles. The molecule has 2 aromatic heterocycles. The van der Waals surface area contributed by atoms with E-state index in [-0.39, 0.29) is 0 Å². The number of nitrogens with zero attached hydrogens (tertiary/aromatic N) is 1. The van der Waals surface area contributed by atoms with Crippen LogP contribution in [0.15, 0.2) is 53.1 Å². The third-order valence-electron chi connectivity index (χ3n) is 3.46. The smallest absolute Gasteiger partial charge is 0.164 e. The van der Waals surface area contributed by atoms with Crippen LogP contribution in [0, 0.1) is 0 Å². The Hall–Kier alpha value is -2.29. The number of pyridine rings is 1. The normalized spacial score (nSPS) is 11.6. The zero-order chi connectivity index (χ0) is 12.1. The fourth-order valence-corrected chi connectivity index (χ4v) is 2.62. The quantitative estimate of drug-likeness (QED) is 0.434. The molecule has 18 heavy (non-hydrogen) atoms. The number of furan rings is 1. The molecule has 0 saturated heterocycles. The van der Waals surface area contributed by atoms with Gasteiger partial charge in [-0.1, -0.05) is 30.3 Å². The van der Waals surface area contributed by atoms with Crippen LogP contribution in [-0.4, -0.2) is 12.8 Å². The van der Waals surface area contributed by atoms with Crippen LogP contribution in [0.4, 0.5) is 0 Å². The molecule has 3 heteroatoms. The molecule has 0 saturated carbocycles. The minimum atomic E-state index is 0.911. The second-order valence-electron chi connectivity index (χ2n) is 4.53. The first-order valence-corrected chi connectivity index (χ1v) is 6.00. The maximum atomic E-state index is 6.01. The van der Waals surface area contributed by atoms with Crippen LogP contribution in [-0.2, 0) is 0 Å². The van der Waals surface area contributed by atoms with E-state index in [1.54, 1.807) is 6.20 Å². The molecule has 0 aliphatic rings. The molecule has 0 N–H and O–H groups in total. The Bertz CT molecular complexity index is 895. The van der Waals surface area contributed by atoms with Gasteiger partial charge < -0.3 is 4.42 Å². The molecule has 0 bridgehead atoms. The maximum absolute atomic E-state index is 6.01. The molecule has 84 valence electrons. The topological polar surface area (TPSA) is 26.0 Å². The lowest BCUT2D eigenvalue weighted by Crippen LogP contribution is -2.07. The van der Waals surface area contributed by atoms with E-state index in [9.17, 15) is 0 Å². The summed E-state index contributed by atoms with van der Waals surface area (Å²) in [7, 11) is 2.02. The monoisotopic (exact) mass is 231 g/mol. The first kappa shape index (κ1) is 9.72. The summed E-state index contributed by atoms with van der Waals surface area (Å²) in [5.41, 5.74) is 2.88. The zero-order valence-corrected chi connectivity index (χ0v) is 9.97. The molecule has 2 heterocycles. The van der Waals surface area contributed by atoms with Gasteiger partial charge in [0.1, 0.15) is 11.2 Å². The molecular formula is C15H10BNO. The summed E-state index contributed by atoms with van der Waals surface area (Å²) >= 11 is 0. The zero-order valence-electron chi connectivity index (χ0n) is 9.97. The van der Waals surface area contributed by atoms with Crippen molar-refractivity contribution in [2.75, 3.05) is 0 Å². The highest BCUT2D eigenvalue weighted by molar-refractivity contribution is 6.40. The first-order valence-electron chi connectivity index (χ1n) is 6.00. The van der Waals surface area contributed by atoms with E-state index in [1.165, 1.54) is 5.39 Å². The molecule has 0 spiro atoms. The highest BCUT2D eigenvalue weighted by Gasteiger charge is 2.11. The van der Waals surface area contributed by atoms with Crippen molar-refractivity contribution in [2.24, 2.45) is 0 Å². The molecule has 2 nitrogen and oxygen atoms in total. The summed E-state index contributed by atoms with van der Waals surface area (Å²) in [6.45, 7) is 0. The number of benzene rings is 2. The fraction of sp³-hybridized carbons (Fsp3) is 0. The van der Waals surface area contributed by atoms with Crippen molar-refractivity contribution in [3.8, 4) is 0 Å².